The molecule has 0 radical (unpaired) electrons. The molecule has 0 bridgehead atoms. The van der Waals surface area contributed by atoms with E-state index in [4.69, 9.17) is 0 Å². The zero-order valence-electron chi connectivity index (χ0n) is 5.72. The third kappa shape index (κ3) is 1.23. The van der Waals surface area contributed by atoms with Crippen LogP contribution in [0.4, 0.5) is 0 Å². The Morgan fingerprint density at radius 3 is 2.38 bits per heavy atom. The molecule has 1 heteroatoms. The summed E-state index contributed by atoms with van der Waals surface area (Å²) in [5.41, 5.74) is 0. The van der Waals surface area contributed by atoms with E-state index in [-0.39, 0.29) is 0 Å². The van der Waals surface area contributed by atoms with Gasteiger partial charge in [0.25, 0.3) is 0 Å². The number of hydrogen-bond acceptors (Lipinski definition) is 0. The fraction of sp³-hybridized carbons (Fsp3) is 1.00. The van der Waals surface area contributed by atoms with Crippen LogP contribution in [0.25, 0.3) is 0 Å². The van der Waals surface area contributed by atoms with Crippen LogP contribution in [0.2, 0.25) is 0 Å². The lowest BCUT2D eigenvalue weighted by atomic mass is 10.1. The van der Waals surface area contributed by atoms with E-state index in [0.29, 0.717) is 0 Å². The topological polar surface area (TPSA) is 0 Å². The van der Waals surface area contributed by atoms with Crippen molar-refractivity contribution in [3.8, 4) is 0 Å². The van der Waals surface area contributed by atoms with E-state index in [0.717, 1.165) is 17.8 Å². The van der Waals surface area contributed by atoms with Crippen LogP contribution >= 0.6 is 9.24 Å². The van der Waals surface area contributed by atoms with Crippen LogP contribution in [0, 0.1) is 17.8 Å². The number of hydrogen-bond donors (Lipinski definition) is 0. The van der Waals surface area contributed by atoms with E-state index in [1.54, 1.807) is 0 Å². The standard InChI is InChI=1S/C7H15P/c1-5(2)7-3-6(7)4-8/h5-7H,3-4,8H2,1-2H3. The molecule has 0 aliphatic heterocycles. The van der Waals surface area contributed by atoms with Gasteiger partial charge in [-0.15, -0.1) is 9.24 Å². The summed E-state index contributed by atoms with van der Waals surface area (Å²) in [6, 6.07) is 0. The molecule has 1 rings (SSSR count). The largest absolute Gasteiger partial charge is 0.137 e. The van der Waals surface area contributed by atoms with Gasteiger partial charge in [-0.05, 0) is 30.3 Å². The van der Waals surface area contributed by atoms with Crippen molar-refractivity contribution in [2.75, 3.05) is 6.16 Å². The molecule has 0 N–H and O–H groups in total. The Morgan fingerprint density at radius 2 is 2.25 bits per heavy atom. The molecular weight excluding hydrogens is 115 g/mol. The molecular formula is C7H15P. The summed E-state index contributed by atoms with van der Waals surface area (Å²) in [7, 11) is 2.83. The van der Waals surface area contributed by atoms with E-state index >= 15 is 0 Å². The Bertz CT molecular complexity index is 78.5. The SMILES string of the molecule is CC(C)C1CC1CP. The maximum absolute atomic E-state index is 2.83. The summed E-state index contributed by atoms with van der Waals surface area (Å²) in [5.74, 6) is 3.05. The van der Waals surface area contributed by atoms with Crippen LogP contribution in [-0.2, 0) is 0 Å². The van der Waals surface area contributed by atoms with Crippen molar-refractivity contribution >= 4 is 9.24 Å². The lowest BCUT2D eigenvalue weighted by Gasteiger charge is -1.98. The van der Waals surface area contributed by atoms with Gasteiger partial charge in [0.15, 0.2) is 0 Å². The van der Waals surface area contributed by atoms with Gasteiger partial charge in [0.1, 0.15) is 0 Å². The Hall–Kier alpha value is 0.430. The van der Waals surface area contributed by atoms with Gasteiger partial charge in [-0.25, -0.2) is 0 Å². The first-order chi connectivity index (χ1) is 3.75. The molecule has 1 aliphatic carbocycles. The third-order valence-electron chi connectivity index (χ3n) is 2.14. The summed E-state index contributed by atoms with van der Waals surface area (Å²) < 4.78 is 0. The molecule has 1 fully saturated rings. The van der Waals surface area contributed by atoms with Gasteiger partial charge in [-0.2, -0.15) is 0 Å². The molecule has 1 saturated carbocycles. The van der Waals surface area contributed by atoms with Crippen LogP contribution < -0.4 is 0 Å². The predicted octanol–water partition coefficient (Wildman–Crippen LogP) is 2.15. The van der Waals surface area contributed by atoms with E-state index in [9.17, 15) is 0 Å². The molecule has 0 spiro atoms. The molecule has 3 atom stereocenters. The van der Waals surface area contributed by atoms with Crippen molar-refractivity contribution in [3.63, 3.8) is 0 Å². The second kappa shape index (κ2) is 2.35. The van der Waals surface area contributed by atoms with Crippen molar-refractivity contribution in [2.45, 2.75) is 20.3 Å². The first-order valence-electron chi connectivity index (χ1n) is 3.45. The highest BCUT2D eigenvalue weighted by atomic mass is 31.0. The fourth-order valence-corrected chi connectivity index (χ4v) is 1.90. The monoisotopic (exact) mass is 130 g/mol. The van der Waals surface area contributed by atoms with Gasteiger partial charge in [-0.3, -0.25) is 0 Å². The second-order valence-electron chi connectivity index (χ2n) is 3.14. The minimum atomic E-state index is 0.931. The zero-order valence-corrected chi connectivity index (χ0v) is 6.88. The van der Waals surface area contributed by atoms with E-state index in [1.807, 2.05) is 0 Å². The molecule has 0 aromatic rings. The summed E-state index contributed by atoms with van der Waals surface area (Å²) in [6.07, 6.45) is 2.81. The summed E-state index contributed by atoms with van der Waals surface area (Å²) in [6.45, 7) is 4.65. The van der Waals surface area contributed by atoms with Crippen molar-refractivity contribution in [3.05, 3.63) is 0 Å². The lowest BCUT2D eigenvalue weighted by Crippen LogP contribution is -1.92. The maximum atomic E-state index is 2.83. The lowest BCUT2D eigenvalue weighted by molar-refractivity contribution is 0.533. The van der Waals surface area contributed by atoms with Crippen molar-refractivity contribution < 1.29 is 0 Å². The zero-order chi connectivity index (χ0) is 6.15. The highest BCUT2D eigenvalue weighted by Gasteiger charge is 2.37. The Labute approximate surface area is 54.3 Å². The van der Waals surface area contributed by atoms with Gasteiger partial charge in [0, 0.05) is 0 Å². The van der Waals surface area contributed by atoms with Crippen LogP contribution in [0.15, 0.2) is 0 Å². The van der Waals surface area contributed by atoms with E-state index in [1.165, 1.54) is 12.6 Å². The molecule has 3 unspecified atom stereocenters. The Kier molecular flexibility index (Phi) is 1.92. The van der Waals surface area contributed by atoms with Crippen molar-refractivity contribution in [2.24, 2.45) is 17.8 Å². The highest BCUT2D eigenvalue weighted by Crippen LogP contribution is 2.44. The summed E-state index contributed by atoms with van der Waals surface area (Å²) >= 11 is 0. The molecule has 8 heavy (non-hydrogen) atoms. The Balaban J connectivity index is 2.16. The average molecular weight is 130 g/mol. The summed E-state index contributed by atoms with van der Waals surface area (Å²) in [5, 5.41) is 0. The van der Waals surface area contributed by atoms with Gasteiger partial charge in [0.05, 0.1) is 0 Å². The molecule has 1 aliphatic rings. The molecule has 48 valence electrons. The quantitative estimate of drug-likeness (QED) is 0.502. The molecule has 0 aromatic carbocycles. The van der Waals surface area contributed by atoms with Crippen LogP contribution in [-0.4, -0.2) is 6.16 Å². The Morgan fingerprint density at radius 1 is 1.62 bits per heavy atom. The minimum absolute atomic E-state index is 0.931. The van der Waals surface area contributed by atoms with Gasteiger partial charge >= 0.3 is 0 Å². The normalized spacial score (nSPS) is 36.0. The molecule has 0 saturated heterocycles. The first-order valence-corrected chi connectivity index (χ1v) is 4.27. The van der Waals surface area contributed by atoms with Gasteiger partial charge in [0.2, 0.25) is 0 Å². The highest BCUT2D eigenvalue weighted by molar-refractivity contribution is 7.16. The third-order valence-corrected chi connectivity index (χ3v) is 2.74. The van der Waals surface area contributed by atoms with E-state index < -0.39 is 0 Å². The molecule has 0 nitrogen and oxygen atoms in total. The second-order valence-corrected chi connectivity index (χ2v) is 3.61. The molecule has 0 heterocycles. The smallest absolute Gasteiger partial charge is 0.0346 e. The van der Waals surface area contributed by atoms with Crippen molar-refractivity contribution in [1.29, 1.82) is 0 Å². The number of rotatable bonds is 2. The van der Waals surface area contributed by atoms with Crippen LogP contribution in [0.5, 0.6) is 0 Å². The minimum Gasteiger partial charge on any atom is -0.137 e. The van der Waals surface area contributed by atoms with Crippen LogP contribution in [0.1, 0.15) is 20.3 Å². The fourth-order valence-electron chi connectivity index (χ4n) is 1.36. The average Bonchev–Trinajstić information content (AvgIpc) is 2.42. The van der Waals surface area contributed by atoms with Crippen molar-refractivity contribution in [1.82, 2.24) is 0 Å². The van der Waals surface area contributed by atoms with Gasteiger partial charge < -0.3 is 0 Å². The maximum Gasteiger partial charge on any atom is -0.0346 e. The molecule has 0 amide bonds. The van der Waals surface area contributed by atoms with Crippen LogP contribution in [0.3, 0.4) is 0 Å². The molecule has 0 aromatic heterocycles. The predicted molar refractivity (Wildman–Crippen MR) is 41.0 cm³/mol. The van der Waals surface area contributed by atoms with E-state index in [2.05, 4.69) is 23.1 Å². The summed E-state index contributed by atoms with van der Waals surface area (Å²) in [4.78, 5) is 0. The van der Waals surface area contributed by atoms with Gasteiger partial charge in [-0.1, -0.05) is 13.8 Å². The first kappa shape index (κ1) is 6.55.